The standard InChI is InChI=1S/C15H15ClN4O3S/c1-23-8-6-12(10-2-4-11(16)5-3-10)17-13-14(20(21)22)19-7-9-24-15(19)18-13/h2-5,7,9,12,17H,6,8H2,1H3. The van der Waals surface area contributed by atoms with E-state index in [1.165, 1.54) is 15.7 Å². The molecule has 3 aromatic rings. The predicted octanol–water partition coefficient (Wildman–Crippen LogP) is 4.15. The number of imidazole rings is 1. The van der Waals surface area contributed by atoms with Crippen LogP contribution in [-0.4, -0.2) is 28.0 Å². The Morgan fingerprint density at radius 1 is 1.46 bits per heavy atom. The minimum absolute atomic E-state index is 0.0670. The van der Waals surface area contributed by atoms with Crippen molar-refractivity contribution in [2.45, 2.75) is 12.5 Å². The normalized spacial score (nSPS) is 12.4. The number of nitrogens with zero attached hydrogens (tertiary/aromatic N) is 3. The van der Waals surface area contributed by atoms with Crippen molar-refractivity contribution in [1.29, 1.82) is 0 Å². The highest BCUT2D eigenvalue weighted by Crippen LogP contribution is 2.32. The number of nitrogens with one attached hydrogen (secondary N) is 1. The number of ether oxygens (including phenoxy) is 1. The molecule has 1 N–H and O–H groups in total. The molecule has 24 heavy (non-hydrogen) atoms. The number of halogens is 1. The van der Waals surface area contributed by atoms with Gasteiger partial charge in [-0.15, -0.1) is 0 Å². The number of thiazole rings is 1. The minimum atomic E-state index is -0.426. The number of benzene rings is 1. The molecule has 126 valence electrons. The summed E-state index contributed by atoms with van der Waals surface area (Å²) in [5.41, 5.74) is 0.960. The number of aromatic nitrogens is 2. The van der Waals surface area contributed by atoms with Gasteiger partial charge in [0.25, 0.3) is 4.96 Å². The molecule has 9 heteroatoms. The third kappa shape index (κ3) is 3.35. The molecule has 2 heterocycles. The fraction of sp³-hybridized carbons (Fsp3) is 0.267. The van der Waals surface area contributed by atoms with Crippen LogP contribution in [0.2, 0.25) is 5.02 Å². The average molecular weight is 367 g/mol. The first-order chi connectivity index (χ1) is 11.6. The van der Waals surface area contributed by atoms with E-state index < -0.39 is 4.92 Å². The van der Waals surface area contributed by atoms with E-state index in [1.54, 1.807) is 30.8 Å². The summed E-state index contributed by atoms with van der Waals surface area (Å²) in [4.78, 5) is 15.9. The Hall–Kier alpha value is -2.16. The predicted molar refractivity (Wildman–Crippen MR) is 94.0 cm³/mol. The fourth-order valence-electron chi connectivity index (χ4n) is 2.46. The summed E-state index contributed by atoms with van der Waals surface area (Å²) in [6, 6.07) is 7.18. The van der Waals surface area contributed by atoms with Gasteiger partial charge in [0, 0.05) is 24.1 Å². The monoisotopic (exact) mass is 366 g/mol. The van der Waals surface area contributed by atoms with Gasteiger partial charge in [0.2, 0.25) is 5.82 Å². The fourth-order valence-corrected chi connectivity index (χ4v) is 3.30. The van der Waals surface area contributed by atoms with E-state index in [1.807, 2.05) is 12.1 Å². The summed E-state index contributed by atoms with van der Waals surface area (Å²) in [5.74, 6) is 0.186. The first kappa shape index (κ1) is 16.7. The lowest BCUT2D eigenvalue weighted by Gasteiger charge is -2.18. The van der Waals surface area contributed by atoms with Crippen molar-refractivity contribution in [3.05, 3.63) is 56.5 Å². The molecule has 0 aliphatic heterocycles. The lowest BCUT2D eigenvalue weighted by Crippen LogP contribution is -2.14. The lowest BCUT2D eigenvalue weighted by molar-refractivity contribution is -0.389. The van der Waals surface area contributed by atoms with Crippen molar-refractivity contribution in [2.75, 3.05) is 19.0 Å². The minimum Gasteiger partial charge on any atom is -0.385 e. The molecule has 0 amide bonds. The Balaban J connectivity index is 1.95. The largest absolute Gasteiger partial charge is 0.385 e. The molecule has 1 unspecified atom stereocenters. The van der Waals surface area contributed by atoms with E-state index in [4.69, 9.17) is 16.3 Å². The van der Waals surface area contributed by atoms with Crippen molar-refractivity contribution >= 4 is 39.5 Å². The molecule has 0 aliphatic rings. The summed E-state index contributed by atoms with van der Waals surface area (Å²) in [6.07, 6.45) is 2.28. The number of hydrogen-bond donors (Lipinski definition) is 1. The Bertz CT molecular complexity index is 846. The van der Waals surface area contributed by atoms with Gasteiger partial charge in [-0.1, -0.05) is 35.1 Å². The highest BCUT2D eigenvalue weighted by Gasteiger charge is 2.26. The third-order valence-electron chi connectivity index (χ3n) is 3.60. The Kier molecular flexibility index (Phi) is 4.98. The molecule has 2 aromatic heterocycles. The van der Waals surface area contributed by atoms with Crippen LogP contribution in [0.1, 0.15) is 18.0 Å². The van der Waals surface area contributed by atoms with Crippen LogP contribution in [0.4, 0.5) is 11.6 Å². The molecule has 0 spiro atoms. The number of anilines is 1. The van der Waals surface area contributed by atoms with Crippen molar-refractivity contribution < 1.29 is 9.66 Å². The van der Waals surface area contributed by atoms with Crippen LogP contribution in [0.5, 0.6) is 0 Å². The number of methoxy groups -OCH3 is 1. The Morgan fingerprint density at radius 2 is 2.21 bits per heavy atom. The van der Waals surface area contributed by atoms with Crippen LogP contribution in [0, 0.1) is 10.1 Å². The van der Waals surface area contributed by atoms with E-state index in [0.717, 1.165) is 5.56 Å². The SMILES string of the molecule is COCCC(Nc1nc2sccn2c1[N+](=O)[O-])c1ccc(Cl)cc1. The van der Waals surface area contributed by atoms with Crippen molar-refractivity contribution in [1.82, 2.24) is 9.38 Å². The summed E-state index contributed by atoms with van der Waals surface area (Å²) >= 11 is 7.29. The molecule has 0 bridgehead atoms. The second-order valence-corrected chi connectivity index (χ2v) is 6.44. The number of fused-ring (bicyclic) bond motifs is 1. The lowest BCUT2D eigenvalue weighted by atomic mass is 10.0. The van der Waals surface area contributed by atoms with E-state index >= 15 is 0 Å². The van der Waals surface area contributed by atoms with Gasteiger partial charge < -0.3 is 20.2 Å². The molecule has 1 aromatic carbocycles. The first-order valence-electron chi connectivity index (χ1n) is 7.21. The van der Waals surface area contributed by atoms with Gasteiger partial charge in [-0.2, -0.15) is 9.38 Å². The van der Waals surface area contributed by atoms with Crippen LogP contribution in [0.25, 0.3) is 4.96 Å². The maximum Gasteiger partial charge on any atom is 0.372 e. The zero-order valence-electron chi connectivity index (χ0n) is 12.8. The van der Waals surface area contributed by atoms with Gasteiger partial charge in [-0.05, 0) is 29.0 Å². The molecule has 1 atom stereocenters. The Morgan fingerprint density at radius 3 is 2.88 bits per heavy atom. The van der Waals surface area contributed by atoms with Crippen LogP contribution in [0.15, 0.2) is 35.8 Å². The highest BCUT2D eigenvalue weighted by molar-refractivity contribution is 7.15. The molecule has 0 saturated heterocycles. The summed E-state index contributed by atoms with van der Waals surface area (Å²) in [7, 11) is 1.62. The maximum atomic E-state index is 11.4. The van der Waals surface area contributed by atoms with Gasteiger partial charge in [0.05, 0.1) is 6.04 Å². The molecular formula is C15H15ClN4O3S. The molecule has 0 radical (unpaired) electrons. The molecule has 7 nitrogen and oxygen atoms in total. The number of rotatable bonds is 7. The van der Waals surface area contributed by atoms with Gasteiger partial charge in [0.1, 0.15) is 6.20 Å². The number of hydrogen-bond acceptors (Lipinski definition) is 6. The van der Waals surface area contributed by atoms with Crippen LogP contribution >= 0.6 is 22.9 Å². The van der Waals surface area contributed by atoms with Crippen LogP contribution < -0.4 is 5.32 Å². The van der Waals surface area contributed by atoms with Crippen LogP contribution in [0.3, 0.4) is 0 Å². The molecule has 0 fully saturated rings. The van der Waals surface area contributed by atoms with Crippen LogP contribution in [-0.2, 0) is 4.74 Å². The van der Waals surface area contributed by atoms with Gasteiger partial charge in [0.15, 0.2) is 0 Å². The van der Waals surface area contributed by atoms with E-state index in [-0.39, 0.29) is 17.7 Å². The zero-order valence-corrected chi connectivity index (χ0v) is 14.4. The molecule has 0 saturated carbocycles. The second-order valence-electron chi connectivity index (χ2n) is 5.13. The van der Waals surface area contributed by atoms with Gasteiger partial charge in [-0.25, -0.2) is 0 Å². The van der Waals surface area contributed by atoms with Crippen molar-refractivity contribution in [3.8, 4) is 0 Å². The Labute approximate surface area is 147 Å². The van der Waals surface area contributed by atoms with E-state index in [9.17, 15) is 10.1 Å². The molecule has 3 rings (SSSR count). The maximum absolute atomic E-state index is 11.4. The average Bonchev–Trinajstić information content (AvgIpc) is 3.12. The first-order valence-corrected chi connectivity index (χ1v) is 8.47. The third-order valence-corrected chi connectivity index (χ3v) is 4.61. The van der Waals surface area contributed by atoms with E-state index in [0.29, 0.717) is 23.0 Å². The smallest absolute Gasteiger partial charge is 0.372 e. The number of nitro groups is 1. The van der Waals surface area contributed by atoms with Gasteiger partial charge >= 0.3 is 5.82 Å². The summed E-state index contributed by atoms with van der Waals surface area (Å²) in [6.45, 7) is 0.510. The summed E-state index contributed by atoms with van der Waals surface area (Å²) in [5, 5.41) is 17.0. The zero-order chi connectivity index (χ0) is 17.1. The topological polar surface area (TPSA) is 81.7 Å². The highest BCUT2D eigenvalue weighted by atomic mass is 35.5. The second kappa shape index (κ2) is 7.16. The van der Waals surface area contributed by atoms with E-state index in [2.05, 4.69) is 10.3 Å². The molecule has 0 aliphatic carbocycles. The quantitative estimate of drug-likeness (QED) is 0.501. The van der Waals surface area contributed by atoms with Crippen molar-refractivity contribution in [2.24, 2.45) is 0 Å². The van der Waals surface area contributed by atoms with Crippen molar-refractivity contribution in [3.63, 3.8) is 0 Å². The molecular weight excluding hydrogens is 352 g/mol. The van der Waals surface area contributed by atoms with Gasteiger partial charge in [-0.3, -0.25) is 0 Å². The summed E-state index contributed by atoms with van der Waals surface area (Å²) < 4.78 is 6.63.